The van der Waals surface area contributed by atoms with Crippen molar-refractivity contribution in [2.45, 2.75) is 6.92 Å². The normalized spacial score (nSPS) is 11.7. The Morgan fingerprint density at radius 3 is 2.47 bits per heavy atom. The Morgan fingerprint density at radius 1 is 0.895 bits per heavy atom. The zero-order chi connectivity index (χ0) is 13.1. The van der Waals surface area contributed by atoms with E-state index in [4.69, 9.17) is 0 Å². The molecule has 0 saturated heterocycles. The first-order chi connectivity index (χ1) is 9.34. The minimum atomic E-state index is 1.03. The highest BCUT2D eigenvalue weighted by Crippen LogP contribution is 2.22. The molecule has 0 aliphatic heterocycles. The summed E-state index contributed by atoms with van der Waals surface area (Å²) in [6.07, 6.45) is 4.02. The molecule has 0 N–H and O–H groups in total. The third-order valence-corrected chi connectivity index (χ3v) is 3.29. The van der Waals surface area contributed by atoms with Gasteiger partial charge in [-0.25, -0.2) is 0 Å². The summed E-state index contributed by atoms with van der Waals surface area (Å²) in [6.45, 7) is 2.12. The highest BCUT2D eigenvalue weighted by molar-refractivity contribution is 5.93. The number of nitrogens with zero attached hydrogens (tertiary/aromatic N) is 1. The summed E-state index contributed by atoms with van der Waals surface area (Å²) in [7, 11) is 0. The maximum absolute atomic E-state index is 4.50. The highest BCUT2D eigenvalue weighted by atomic mass is 14.7. The number of fused-ring (bicyclic) bond motifs is 1. The molecule has 0 atom stereocenters. The van der Waals surface area contributed by atoms with Crippen LogP contribution in [0.15, 0.2) is 66.9 Å². The Kier molecular flexibility index (Phi) is 3.11. The third-order valence-electron chi connectivity index (χ3n) is 3.29. The van der Waals surface area contributed by atoms with Gasteiger partial charge in [-0.1, -0.05) is 54.6 Å². The Bertz CT molecular complexity index is 722. The van der Waals surface area contributed by atoms with Crippen LogP contribution in [-0.4, -0.2) is 4.98 Å². The van der Waals surface area contributed by atoms with Gasteiger partial charge in [-0.05, 0) is 35.6 Å². The van der Waals surface area contributed by atoms with Crippen LogP contribution in [0.4, 0.5) is 0 Å². The van der Waals surface area contributed by atoms with E-state index in [1.54, 1.807) is 0 Å². The van der Waals surface area contributed by atoms with Gasteiger partial charge < -0.3 is 0 Å². The summed E-state index contributed by atoms with van der Waals surface area (Å²) in [5.74, 6) is 0. The van der Waals surface area contributed by atoms with E-state index in [-0.39, 0.29) is 0 Å². The molecule has 0 amide bonds. The van der Waals surface area contributed by atoms with Crippen LogP contribution in [0.3, 0.4) is 0 Å². The minimum Gasteiger partial charge on any atom is -0.256 e. The molecule has 0 unspecified atom stereocenters. The molecule has 1 heteroatoms. The second-order valence-corrected chi connectivity index (χ2v) is 4.61. The van der Waals surface area contributed by atoms with E-state index in [9.17, 15) is 0 Å². The summed E-state index contributed by atoms with van der Waals surface area (Å²) in [6, 6.07) is 20.8. The van der Waals surface area contributed by atoms with Crippen molar-refractivity contribution in [1.82, 2.24) is 4.98 Å². The van der Waals surface area contributed by atoms with Crippen LogP contribution in [0, 0.1) is 0 Å². The molecular formula is C18H15N. The van der Waals surface area contributed by atoms with Crippen LogP contribution in [0.25, 0.3) is 22.4 Å². The maximum Gasteiger partial charge on any atom is 0.0710 e. The van der Waals surface area contributed by atoms with Crippen molar-refractivity contribution in [2.75, 3.05) is 0 Å². The average molecular weight is 245 g/mol. The molecule has 0 radical (unpaired) electrons. The van der Waals surface area contributed by atoms with Gasteiger partial charge in [0.1, 0.15) is 0 Å². The van der Waals surface area contributed by atoms with Gasteiger partial charge in [-0.2, -0.15) is 0 Å². The largest absolute Gasteiger partial charge is 0.256 e. The molecule has 2 aromatic carbocycles. The molecule has 1 nitrogen and oxygen atoms in total. The fraction of sp³-hybridized carbons (Fsp3) is 0.0556. The van der Waals surface area contributed by atoms with Crippen LogP contribution >= 0.6 is 0 Å². The molecule has 3 aromatic rings. The molecule has 1 aromatic heterocycles. The minimum absolute atomic E-state index is 1.03. The van der Waals surface area contributed by atoms with E-state index in [0.717, 1.165) is 5.69 Å². The van der Waals surface area contributed by atoms with Crippen molar-refractivity contribution in [1.29, 1.82) is 0 Å². The maximum atomic E-state index is 4.50. The Labute approximate surface area is 113 Å². The number of rotatable bonds is 2. The van der Waals surface area contributed by atoms with E-state index in [0.29, 0.717) is 0 Å². The molecule has 0 bridgehead atoms. The van der Waals surface area contributed by atoms with Gasteiger partial charge in [0.05, 0.1) is 5.69 Å². The van der Waals surface area contributed by atoms with E-state index in [1.165, 1.54) is 21.9 Å². The van der Waals surface area contributed by atoms with Crippen molar-refractivity contribution >= 4 is 22.4 Å². The lowest BCUT2D eigenvalue weighted by Gasteiger charge is -2.04. The van der Waals surface area contributed by atoms with Crippen LogP contribution < -0.4 is 0 Å². The van der Waals surface area contributed by atoms with Gasteiger partial charge in [0.15, 0.2) is 0 Å². The molecule has 0 aliphatic rings. The molecule has 1 heterocycles. The van der Waals surface area contributed by atoms with E-state index in [2.05, 4.69) is 66.5 Å². The van der Waals surface area contributed by atoms with Crippen molar-refractivity contribution in [3.63, 3.8) is 0 Å². The summed E-state index contributed by atoms with van der Waals surface area (Å²) in [5, 5.41) is 2.42. The molecule has 0 aliphatic carbocycles. The van der Waals surface area contributed by atoms with Gasteiger partial charge >= 0.3 is 0 Å². The Morgan fingerprint density at radius 2 is 1.63 bits per heavy atom. The summed E-state index contributed by atoms with van der Waals surface area (Å²) in [5.41, 5.74) is 3.49. The predicted octanol–water partition coefficient (Wildman–Crippen LogP) is 4.80. The first kappa shape index (κ1) is 11.7. The lowest BCUT2D eigenvalue weighted by Crippen LogP contribution is -1.85. The van der Waals surface area contributed by atoms with Crippen LogP contribution in [0.5, 0.6) is 0 Å². The monoisotopic (exact) mass is 245 g/mol. The summed E-state index contributed by atoms with van der Waals surface area (Å²) < 4.78 is 0. The van der Waals surface area contributed by atoms with Gasteiger partial charge in [0.2, 0.25) is 0 Å². The molecule has 92 valence electrons. The van der Waals surface area contributed by atoms with Gasteiger partial charge in [-0.15, -0.1) is 0 Å². The lowest BCUT2D eigenvalue weighted by molar-refractivity contribution is 1.33. The lowest BCUT2D eigenvalue weighted by atomic mass is 10.0. The van der Waals surface area contributed by atoms with Crippen molar-refractivity contribution < 1.29 is 0 Å². The predicted molar refractivity (Wildman–Crippen MR) is 81.7 cm³/mol. The van der Waals surface area contributed by atoms with Gasteiger partial charge in [0.25, 0.3) is 0 Å². The Balaban J connectivity index is 2.11. The van der Waals surface area contributed by atoms with Crippen molar-refractivity contribution in [3.05, 3.63) is 78.1 Å². The van der Waals surface area contributed by atoms with Gasteiger partial charge in [0, 0.05) is 11.6 Å². The molecule has 0 fully saturated rings. The molecular weight excluding hydrogens is 230 g/mol. The number of aromatic nitrogens is 1. The fourth-order valence-electron chi connectivity index (χ4n) is 2.25. The molecule has 0 saturated carbocycles. The number of allylic oxidation sites excluding steroid dienone is 1. The number of hydrogen-bond donors (Lipinski definition) is 0. The topological polar surface area (TPSA) is 12.9 Å². The quantitative estimate of drug-likeness (QED) is 0.632. The van der Waals surface area contributed by atoms with E-state index in [1.807, 2.05) is 18.3 Å². The molecule has 3 rings (SSSR count). The number of benzene rings is 2. The standard InChI is InChI=1S/C18H15N/c1-14(15-7-3-2-4-8-15)13-18-17-10-6-5-9-16(17)11-12-19-18/h2-13H,1H3/b14-13+. The molecule has 19 heavy (non-hydrogen) atoms. The number of pyridine rings is 1. The Hall–Kier alpha value is -2.41. The zero-order valence-corrected chi connectivity index (χ0v) is 10.9. The van der Waals surface area contributed by atoms with E-state index >= 15 is 0 Å². The van der Waals surface area contributed by atoms with Crippen molar-refractivity contribution in [3.8, 4) is 0 Å². The van der Waals surface area contributed by atoms with Gasteiger partial charge in [-0.3, -0.25) is 4.98 Å². The van der Waals surface area contributed by atoms with Crippen LogP contribution in [-0.2, 0) is 0 Å². The van der Waals surface area contributed by atoms with Crippen molar-refractivity contribution in [2.24, 2.45) is 0 Å². The summed E-state index contributed by atoms with van der Waals surface area (Å²) >= 11 is 0. The molecule has 0 spiro atoms. The van der Waals surface area contributed by atoms with Crippen LogP contribution in [0.2, 0.25) is 0 Å². The fourth-order valence-corrected chi connectivity index (χ4v) is 2.25. The highest BCUT2D eigenvalue weighted by Gasteiger charge is 2.00. The first-order valence-electron chi connectivity index (χ1n) is 6.42. The second-order valence-electron chi connectivity index (χ2n) is 4.61. The average Bonchev–Trinajstić information content (AvgIpc) is 2.48. The zero-order valence-electron chi connectivity index (χ0n) is 10.9. The smallest absolute Gasteiger partial charge is 0.0710 e. The van der Waals surface area contributed by atoms with E-state index < -0.39 is 0 Å². The number of hydrogen-bond acceptors (Lipinski definition) is 1. The third kappa shape index (κ3) is 2.41. The van der Waals surface area contributed by atoms with Crippen LogP contribution in [0.1, 0.15) is 18.2 Å². The first-order valence-corrected chi connectivity index (χ1v) is 6.42. The second kappa shape index (κ2) is 5.07. The SMILES string of the molecule is C/C(=C\c1nccc2ccccc12)c1ccccc1. The summed E-state index contributed by atoms with van der Waals surface area (Å²) in [4.78, 5) is 4.50.